The molecule has 6 fully saturated rings. The molecule has 0 aromatic heterocycles. The van der Waals surface area contributed by atoms with Gasteiger partial charge in [-0.25, -0.2) is 4.79 Å². The van der Waals surface area contributed by atoms with Crippen LogP contribution in [0.3, 0.4) is 0 Å². The Morgan fingerprint density at radius 3 is 1.96 bits per heavy atom. The normalized spacial score (nSPS) is 43.3. The van der Waals surface area contributed by atoms with E-state index in [1.807, 2.05) is 6.92 Å². The lowest BCUT2D eigenvalue weighted by atomic mass is 9.42. The van der Waals surface area contributed by atoms with Crippen LogP contribution in [0.15, 0.2) is 30.3 Å². The molecule has 1 aromatic rings. The molecule has 1 spiro atoms. The quantitative estimate of drug-likeness (QED) is 0.224. The summed E-state index contributed by atoms with van der Waals surface area (Å²) in [6, 6.07) is 7.98. The number of piperidine rings is 1. The van der Waals surface area contributed by atoms with Crippen LogP contribution in [0, 0.1) is 34.5 Å². The predicted octanol–water partition coefficient (Wildman–Crippen LogP) is 2.36. The Labute approximate surface area is 320 Å². The number of benzene rings is 1. The van der Waals surface area contributed by atoms with E-state index in [0.29, 0.717) is 19.5 Å². The van der Waals surface area contributed by atoms with Crippen LogP contribution in [0.1, 0.15) is 57.8 Å². The summed E-state index contributed by atoms with van der Waals surface area (Å²) in [5.74, 6) is -5.98. The summed E-state index contributed by atoms with van der Waals surface area (Å²) in [7, 11) is 6.23. The summed E-state index contributed by atoms with van der Waals surface area (Å²) in [6.45, 7) is 8.33. The zero-order valence-electron chi connectivity index (χ0n) is 32.9. The van der Waals surface area contributed by atoms with Gasteiger partial charge in [0.15, 0.2) is 23.4 Å². The third kappa shape index (κ3) is 5.21. The van der Waals surface area contributed by atoms with Crippen LogP contribution in [0.5, 0.6) is 0 Å². The van der Waals surface area contributed by atoms with Crippen LogP contribution < -0.4 is 0 Å². The molecule has 5 aliphatic carbocycles. The zero-order valence-corrected chi connectivity index (χ0v) is 32.9. The van der Waals surface area contributed by atoms with Gasteiger partial charge in [0.2, 0.25) is 0 Å². The van der Waals surface area contributed by atoms with Gasteiger partial charge in [0, 0.05) is 104 Å². The van der Waals surface area contributed by atoms with Gasteiger partial charge in [0.25, 0.3) is 0 Å². The molecule has 15 heteroatoms. The molecule has 4 unspecified atom stereocenters. The Bertz CT molecular complexity index is 1710. The van der Waals surface area contributed by atoms with Gasteiger partial charge in [-0.3, -0.25) is 24.1 Å². The van der Waals surface area contributed by atoms with Gasteiger partial charge in [-0.1, -0.05) is 25.1 Å². The largest absolute Gasteiger partial charge is 0.462 e. The predicted molar refractivity (Wildman–Crippen MR) is 189 cm³/mol. The van der Waals surface area contributed by atoms with Crippen molar-refractivity contribution in [2.24, 2.45) is 34.5 Å². The minimum absolute atomic E-state index is 0.0537. The van der Waals surface area contributed by atoms with E-state index in [-0.39, 0.29) is 18.6 Å². The number of ether oxygens (including phenoxy) is 9. The molecule has 0 amide bonds. The Hall–Kier alpha value is -3.63. The number of carbonyl (C=O) groups excluding carboxylic acids is 5. The standard InChI is InChI=1S/C40H53NO14/c1-10-41-18-37(19-47-6)26(51-20(2)42)16-27(48-7)39-25-17-38(54-22(4)44)33(53-36(46)24-14-12-11-13-15-24)28(25)40(55-23(5)45,35(34(38)50-9)52-21(3)43)29(32(39)41)30(49-8)31(37)39/h11-15,25-35H,10,16-19H2,1-9H3/t25?,26-,27+,28?,29-,30+,31?,32?,33-,34+,35+,37+,38-,39+,40-/m1/s1. The number of rotatable bonds is 12. The fourth-order valence-corrected chi connectivity index (χ4v) is 13.4. The smallest absolute Gasteiger partial charge is 0.338 e. The van der Waals surface area contributed by atoms with E-state index < -0.39 is 118 Å². The van der Waals surface area contributed by atoms with Crippen molar-refractivity contribution in [2.45, 2.75) is 101 Å². The molecule has 15 atom stereocenters. The fourth-order valence-electron chi connectivity index (χ4n) is 13.4. The number of carbonyl (C=O) groups is 5. The van der Waals surface area contributed by atoms with Crippen molar-refractivity contribution < 1.29 is 66.6 Å². The monoisotopic (exact) mass is 771 g/mol. The number of esters is 5. The first-order valence-electron chi connectivity index (χ1n) is 19.0. The Morgan fingerprint density at radius 2 is 1.42 bits per heavy atom. The van der Waals surface area contributed by atoms with Crippen LogP contribution >= 0.6 is 0 Å². The number of methoxy groups -OCH3 is 4. The second kappa shape index (κ2) is 14.1. The summed E-state index contributed by atoms with van der Waals surface area (Å²) in [6.07, 6.45) is -5.56. The molecule has 302 valence electrons. The Morgan fingerprint density at radius 1 is 0.745 bits per heavy atom. The molecule has 7 bridgehead atoms. The van der Waals surface area contributed by atoms with Crippen LogP contribution in [-0.4, -0.2) is 137 Å². The maximum absolute atomic E-state index is 14.2. The minimum atomic E-state index is -1.77. The maximum atomic E-state index is 14.2. The van der Waals surface area contributed by atoms with Gasteiger partial charge < -0.3 is 42.6 Å². The number of nitrogens with zero attached hydrogens (tertiary/aromatic N) is 1. The minimum Gasteiger partial charge on any atom is -0.462 e. The molecule has 1 aliphatic heterocycles. The van der Waals surface area contributed by atoms with Crippen LogP contribution in [-0.2, 0) is 61.8 Å². The second-order valence-electron chi connectivity index (χ2n) is 16.1. The molecule has 6 aliphatic rings. The average Bonchev–Trinajstić information content (AvgIpc) is 3.51. The molecular formula is C40H53NO14. The molecule has 55 heavy (non-hydrogen) atoms. The van der Waals surface area contributed by atoms with E-state index in [1.54, 1.807) is 51.7 Å². The van der Waals surface area contributed by atoms with Crippen molar-refractivity contribution in [1.82, 2.24) is 4.90 Å². The van der Waals surface area contributed by atoms with Crippen LogP contribution in [0.2, 0.25) is 0 Å². The van der Waals surface area contributed by atoms with Gasteiger partial charge in [0.05, 0.1) is 24.4 Å². The molecule has 5 saturated carbocycles. The lowest BCUT2D eigenvalue weighted by molar-refractivity contribution is -0.325. The van der Waals surface area contributed by atoms with Gasteiger partial charge in [-0.05, 0) is 31.0 Å². The molecule has 0 radical (unpaired) electrons. The molecule has 1 saturated heterocycles. The van der Waals surface area contributed by atoms with Crippen molar-refractivity contribution >= 4 is 29.8 Å². The van der Waals surface area contributed by atoms with Crippen molar-refractivity contribution in [3.63, 3.8) is 0 Å². The van der Waals surface area contributed by atoms with Crippen molar-refractivity contribution in [1.29, 1.82) is 0 Å². The van der Waals surface area contributed by atoms with Crippen molar-refractivity contribution in [3.05, 3.63) is 35.9 Å². The first-order chi connectivity index (χ1) is 26.2. The second-order valence-corrected chi connectivity index (χ2v) is 16.1. The maximum Gasteiger partial charge on any atom is 0.338 e. The lowest BCUT2D eigenvalue weighted by Gasteiger charge is -2.70. The van der Waals surface area contributed by atoms with Crippen molar-refractivity contribution in [3.8, 4) is 0 Å². The number of hydrogen-bond acceptors (Lipinski definition) is 15. The third-order valence-electron chi connectivity index (χ3n) is 14.0. The third-order valence-corrected chi connectivity index (χ3v) is 14.0. The van der Waals surface area contributed by atoms with Crippen molar-refractivity contribution in [2.75, 3.05) is 48.1 Å². The highest BCUT2D eigenvalue weighted by Crippen LogP contribution is 2.81. The topological polar surface area (TPSA) is 172 Å². The number of fused-ring (bicyclic) bond motifs is 2. The van der Waals surface area contributed by atoms with Gasteiger partial charge in [-0.2, -0.15) is 0 Å². The molecule has 1 heterocycles. The number of likely N-dealkylation sites (tertiary alicyclic amines) is 1. The first kappa shape index (κ1) is 39.6. The van der Waals surface area contributed by atoms with E-state index in [0.717, 1.165) is 0 Å². The summed E-state index contributed by atoms with van der Waals surface area (Å²) < 4.78 is 57.9. The lowest BCUT2D eigenvalue weighted by Crippen LogP contribution is -2.82. The zero-order chi connectivity index (χ0) is 39.8. The SMILES string of the molecule is CCN1C[C@@]2(COC)C3[C@@H](OC)[C@@H]4C1[C@@]3(C1C[C@@]3(OC(C)=O)[C@H](OC(=O)c5ccccc5)C1[C@]4(OC(C)=O)[C@@H](OC(C)=O)[C@@H]3OC)[C@@H](OC)C[C@H]2OC(C)=O. The summed E-state index contributed by atoms with van der Waals surface area (Å²) in [5, 5.41) is 0. The molecule has 1 aromatic carbocycles. The fraction of sp³-hybridized carbons (Fsp3) is 0.725. The Balaban J connectivity index is 1.60. The summed E-state index contributed by atoms with van der Waals surface area (Å²) in [5.41, 5.74) is -5.03. The first-order valence-corrected chi connectivity index (χ1v) is 19.0. The molecule has 0 N–H and O–H groups in total. The van der Waals surface area contributed by atoms with Crippen LogP contribution in [0.4, 0.5) is 0 Å². The van der Waals surface area contributed by atoms with E-state index in [4.69, 9.17) is 42.6 Å². The van der Waals surface area contributed by atoms with Gasteiger partial charge in [0.1, 0.15) is 12.2 Å². The molecule has 15 nitrogen and oxygen atoms in total. The number of hydrogen-bond donors (Lipinski definition) is 0. The van der Waals surface area contributed by atoms with Crippen LogP contribution in [0.25, 0.3) is 0 Å². The Kier molecular flexibility index (Phi) is 10.1. The summed E-state index contributed by atoms with van der Waals surface area (Å²) >= 11 is 0. The molecule has 7 rings (SSSR count). The summed E-state index contributed by atoms with van der Waals surface area (Å²) in [4.78, 5) is 69.8. The van der Waals surface area contributed by atoms with E-state index in [1.165, 1.54) is 34.8 Å². The average molecular weight is 772 g/mol. The highest BCUT2D eigenvalue weighted by Gasteiger charge is 2.93. The highest BCUT2D eigenvalue weighted by molar-refractivity contribution is 5.89. The van der Waals surface area contributed by atoms with E-state index >= 15 is 0 Å². The van der Waals surface area contributed by atoms with E-state index in [9.17, 15) is 24.0 Å². The van der Waals surface area contributed by atoms with E-state index in [2.05, 4.69) is 4.90 Å². The highest BCUT2D eigenvalue weighted by atomic mass is 16.7. The van der Waals surface area contributed by atoms with Gasteiger partial charge in [-0.15, -0.1) is 0 Å². The molecular weight excluding hydrogens is 718 g/mol. The van der Waals surface area contributed by atoms with Gasteiger partial charge >= 0.3 is 29.8 Å².